The molecule has 0 fully saturated rings. The molecule has 9 rings (SSSR count). The number of nitrogens with one attached hydrogen (secondary N) is 5. The van der Waals surface area contributed by atoms with Gasteiger partial charge in [-0.3, -0.25) is 58.8 Å². The number of carbonyl (C=O) groups excluding carboxylic acids is 6. The molecule has 3 unspecified atom stereocenters. The molecule has 20 nitrogen and oxygen atoms in total. The molecule has 6 amide bonds. The molecular formula is C57H64N10O10. The van der Waals surface area contributed by atoms with Gasteiger partial charge >= 0.3 is 11.9 Å². The summed E-state index contributed by atoms with van der Waals surface area (Å²) in [5.41, 5.74) is 3.59. The quantitative estimate of drug-likeness (QED) is 0.0398. The minimum Gasteiger partial charge on any atom is -0.480 e. The van der Waals surface area contributed by atoms with E-state index in [-0.39, 0.29) is 49.7 Å². The van der Waals surface area contributed by atoms with Gasteiger partial charge in [-0.2, -0.15) is 5.21 Å². The van der Waals surface area contributed by atoms with Crippen LogP contribution in [0.5, 0.6) is 0 Å². The molecule has 6 atom stereocenters. The molecule has 3 heterocycles. The molecule has 5 aromatic carbocycles. The van der Waals surface area contributed by atoms with Crippen molar-refractivity contribution in [3.05, 3.63) is 136 Å². The highest BCUT2D eigenvalue weighted by Gasteiger charge is 2.39. The standard InChI is InChI=1S/C32H35N3O5.C25H29N7O5/c1-19(2)16-28(29(36)34-26-13-7-11-20-8-5-6-12-23(20)26)33-27(32(39)40)14-15-35-30(37)24-17-21-9-3-4-10-22(21)18-25(24)31(35)38;1-13(2)10-20(22(33)26-14(3)21-28-30-31-29-21)27-19(25(36)37)8-9-32-23(34)17-11-15-6-4-5-7-16(15)12-18(17)24(32)35/h3-6,8-10,12,17-19,26-28,33H,7,11,13-16H2,1-2H3,(H,34,36)(H,39,40);4-7,11-14,19-20,27H,8-10H2,1-3H3,(H,26,33)(H,36,37)(H,28,29,30,31)/t26?,27?,28-;14?,19-,20+/m01/s1. The fourth-order valence-electron chi connectivity index (χ4n) is 10.3. The summed E-state index contributed by atoms with van der Waals surface area (Å²) in [5, 5.41) is 48.7. The van der Waals surface area contributed by atoms with E-state index in [1.807, 2.05) is 94.4 Å². The topological polar surface area (TPSA) is 286 Å². The van der Waals surface area contributed by atoms with Crippen LogP contribution in [0.25, 0.3) is 21.5 Å². The summed E-state index contributed by atoms with van der Waals surface area (Å²) in [7, 11) is 0. The number of tetrazole rings is 1. The monoisotopic (exact) mass is 1050 g/mol. The second-order valence-electron chi connectivity index (χ2n) is 20.7. The van der Waals surface area contributed by atoms with Crippen LogP contribution < -0.4 is 21.3 Å². The Labute approximate surface area is 444 Å². The van der Waals surface area contributed by atoms with Crippen molar-refractivity contribution < 1.29 is 48.6 Å². The third-order valence-electron chi connectivity index (χ3n) is 14.2. The molecule has 20 heteroatoms. The Balaban J connectivity index is 0.000000204. The van der Waals surface area contributed by atoms with Crippen molar-refractivity contribution in [3.63, 3.8) is 0 Å². The molecular weight excluding hydrogens is 985 g/mol. The van der Waals surface area contributed by atoms with E-state index in [1.165, 1.54) is 5.56 Å². The zero-order valence-corrected chi connectivity index (χ0v) is 43.6. The second-order valence-corrected chi connectivity index (χ2v) is 20.7. The van der Waals surface area contributed by atoms with Gasteiger partial charge in [0.2, 0.25) is 11.8 Å². The van der Waals surface area contributed by atoms with Crippen LogP contribution in [-0.4, -0.2) is 125 Å². The third-order valence-corrected chi connectivity index (χ3v) is 14.2. The minimum absolute atomic E-state index is 0.0194. The van der Waals surface area contributed by atoms with E-state index in [4.69, 9.17) is 0 Å². The molecule has 2 aliphatic heterocycles. The van der Waals surface area contributed by atoms with Crippen LogP contribution in [0, 0.1) is 11.8 Å². The Morgan fingerprint density at radius 1 is 0.610 bits per heavy atom. The Hall–Kier alpha value is -8.23. The van der Waals surface area contributed by atoms with E-state index in [0.29, 0.717) is 40.9 Å². The molecule has 6 aromatic rings. The lowest BCUT2D eigenvalue weighted by molar-refractivity contribution is -0.141. The van der Waals surface area contributed by atoms with Crippen LogP contribution in [0.15, 0.2) is 97.1 Å². The van der Waals surface area contributed by atoms with Gasteiger partial charge in [-0.25, -0.2) is 0 Å². The van der Waals surface area contributed by atoms with E-state index >= 15 is 0 Å². The summed E-state index contributed by atoms with van der Waals surface area (Å²) >= 11 is 0. The molecule has 77 heavy (non-hydrogen) atoms. The van der Waals surface area contributed by atoms with E-state index in [1.54, 1.807) is 31.2 Å². The van der Waals surface area contributed by atoms with Crippen molar-refractivity contribution in [2.75, 3.05) is 13.1 Å². The highest BCUT2D eigenvalue weighted by atomic mass is 16.4. The zero-order valence-electron chi connectivity index (χ0n) is 43.6. The number of aryl methyl sites for hydroxylation is 1. The maximum Gasteiger partial charge on any atom is 0.320 e. The average Bonchev–Trinajstić information content (AvgIpc) is 4.20. The summed E-state index contributed by atoms with van der Waals surface area (Å²) in [6.45, 7) is 9.31. The average molecular weight is 1050 g/mol. The molecule has 0 radical (unpaired) electrons. The minimum atomic E-state index is -1.19. The summed E-state index contributed by atoms with van der Waals surface area (Å²) in [4.78, 5) is 105. The van der Waals surface area contributed by atoms with E-state index < -0.39 is 71.7 Å². The first-order valence-corrected chi connectivity index (χ1v) is 26.1. The normalized spacial score (nSPS) is 16.8. The number of fused-ring (bicyclic) bond motifs is 5. The summed E-state index contributed by atoms with van der Waals surface area (Å²) in [6, 6.07) is 25.3. The number of aromatic nitrogens is 4. The zero-order chi connectivity index (χ0) is 55.1. The third kappa shape index (κ3) is 12.7. The predicted molar refractivity (Wildman–Crippen MR) is 284 cm³/mol. The maximum absolute atomic E-state index is 13.5. The lowest BCUT2D eigenvalue weighted by Crippen LogP contribution is -2.53. The first-order valence-electron chi connectivity index (χ1n) is 26.1. The smallest absolute Gasteiger partial charge is 0.320 e. The van der Waals surface area contributed by atoms with Crippen LogP contribution >= 0.6 is 0 Å². The van der Waals surface area contributed by atoms with Gasteiger partial charge in [0.25, 0.3) is 23.6 Å². The molecule has 0 saturated carbocycles. The molecule has 1 aliphatic carbocycles. The molecule has 402 valence electrons. The lowest BCUT2D eigenvalue weighted by atomic mass is 9.87. The predicted octanol–water partition coefficient (Wildman–Crippen LogP) is 6.15. The van der Waals surface area contributed by atoms with Crippen molar-refractivity contribution in [1.29, 1.82) is 0 Å². The first-order chi connectivity index (χ1) is 36.9. The van der Waals surface area contributed by atoms with Crippen molar-refractivity contribution in [2.24, 2.45) is 11.8 Å². The molecule has 0 bridgehead atoms. The number of hydrogen-bond acceptors (Lipinski definition) is 13. The van der Waals surface area contributed by atoms with Gasteiger partial charge in [-0.15, -0.1) is 10.2 Å². The number of carbonyl (C=O) groups is 8. The second kappa shape index (κ2) is 24.2. The number of carboxylic acids is 2. The van der Waals surface area contributed by atoms with Crippen molar-refractivity contribution in [2.45, 2.75) is 116 Å². The SMILES string of the molecule is CC(C)C[C@H](NC(CCN1C(=O)c2cc3ccccc3cc2C1=O)C(=O)O)C(=O)NC1CCCc2ccccc21.CC(C)C[C@H](N[C@H](CCN1C(=O)c2cc3ccccc3cc2C1=O)C(=O)O)C(=O)NC(C)c1nn[nH]n1. The molecule has 0 spiro atoms. The number of aliphatic carboxylic acids is 2. The van der Waals surface area contributed by atoms with Crippen LogP contribution in [0.4, 0.5) is 0 Å². The largest absolute Gasteiger partial charge is 0.480 e. The number of nitrogens with zero attached hydrogens (tertiary/aromatic N) is 5. The molecule has 1 aromatic heterocycles. The number of aromatic amines is 1. The summed E-state index contributed by atoms with van der Waals surface area (Å²) < 4.78 is 0. The van der Waals surface area contributed by atoms with E-state index in [2.05, 4.69) is 48.0 Å². The van der Waals surface area contributed by atoms with Crippen molar-refractivity contribution in [3.8, 4) is 0 Å². The Bertz CT molecular complexity index is 3110. The molecule has 7 N–H and O–H groups in total. The van der Waals surface area contributed by atoms with Crippen molar-refractivity contribution >= 4 is 68.9 Å². The van der Waals surface area contributed by atoms with Crippen molar-refractivity contribution in [1.82, 2.24) is 51.7 Å². The number of hydrogen-bond donors (Lipinski definition) is 7. The number of benzene rings is 5. The molecule has 3 aliphatic rings. The van der Waals surface area contributed by atoms with Gasteiger partial charge in [0.15, 0.2) is 5.82 Å². The first kappa shape index (κ1) is 55.0. The highest BCUT2D eigenvalue weighted by Crippen LogP contribution is 2.32. The van der Waals surface area contributed by atoms with Gasteiger partial charge in [-0.05, 0) is 121 Å². The van der Waals surface area contributed by atoms with Gasteiger partial charge in [-0.1, -0.05) is 106 Å². The number of amides is 6. The van der Waals surface area contributed by atoms with E-state index in [9.17, 15) is 48.6 Å². The number of imide groups is 2. The fraction of sp³-hybridized carbons (Fsp3) is 0.386. The molecule has 0 saturated heterocycles. The maximum atomic E-state index is 13.5. The number of carboxylic acid groups (broad SMARTS) is 2. The highest BCUT2D eigenvalue weighted by molar-refractivity contribution is 6.24. The van der Waals surface area contributed by atoms with Gasteiger partial charge < -0.3 is 20.8 Å². The van der Waals surface area contributed by atoms with Crippen LogP contribution in [0.2, 0.25) is 0 Å². The van der Waals surface area contributed by atoms with Crippen LogP contribution in [0.1, 0.15) is 144 Å². The van der Waals surface area contributed by atoms with Gasteiger partial charge in [0.05, 0.1) is 46.4 Å². The number of rotatable bonds is 21. The Morgan fingerprint density at radius 3 is 1.45 bits per heavy atom. The number of H-pyrrole nitrogens is 1. The Morgan fingerprint density at radius 2 is 1.04 bits per heavy atom. The van der Waals surface area contributed by atoms with Gasteiger partial charge in [0, 0.05) is 13.1 Å². The summed E-state index contributed by atoms with van der Waals surface area (Å²) in [5.74, 6) is -4.22. The van der Waals surface area contributed by atoms with Crippen LogP contribution in [-0.2, 0) is 25.6 Å². The fourth-order valence-corrected chi connectivity index (χ4v) is 10.3. The van der Waals surface area contributed by atoms with Crippen LogP contribution in [0.3, 0.4) is 0 Å². The Kier molecular flexibility index (Phi) is 17.3. The van der Waals surface area contributed by atoms with E-state index in [0.717, 1.165) is 56.2 Å². The van der Waals surface area contributed by atoms with Gasteiger partial charge in [0.1, 0.15) is 12.1 Å². The summed E-state index contributed by atoms with van der Waals surface area (Å²) in [6.07, 6.45) is 3.51. The lowest BCUT2D eigenvalue weighted by Gasteiger charge is -2.30.